The summed E-state index contributed by atoms with van der Waals surface area (Å²) in [6.45, 7) is -0.255. The molecule has 2 aromatic rings. The largest absolute Gasteiger partial charge is 0.484 e. The third-order valence-corrected chi connectivity index (χ3v) is 3.66. The molecule has 6 nitrogen and oxygen atoms in total. The van der Waals surface area contributed by atoms with E-state index in [1.807, 2.05) is 36.4 Å². The van der Waals surface area contributed by atoms with Gasteiger partial charge in [0.2, 0.25) is 0 Å². The topological polar surface area (TPSA) is 91.2 Å². The van der Waals surface area contributed by atoms with Crippen LogP contribution in [0.15, 0.2) is 71.0 Å². The Balaban J connectivity index is 1.66. The zero-order valence-corrected chi connectivity index (χ0v) is 14.0. The predicted molar refractivity (Wildman–Crippen MR) is 94.4 cm³/mol. The van der Waals surface area contributed by atoms with E-state index >= 15 is 0 Å². The summed E-state index contributed by atoms with van der Waals surface area (Å²) in [6, 6.07) is 17.9. The van der Waals surface area contributed by atoms with Crippen molar-refractivity contribution < 1.29 is 14.3 Å². The average Bonchev–Trinajstić information content (AvgIpc) is 2.66. The standard InChI is InChI=1S/C18H15N3O3S/c19-12-14-6-8-15(9-7-14)24-13-18(23)21-20-17(22)10-11-25-16-4-2-1-3-5-16/h1-11H,13H2,(H,20,22)(H,21,23)/b11-10+. The second kappa shape index (κ2) is 9.80. The number of nitriles is 1. The molecule has 0 bridgehead atoms. The van der Waals surface area contributed by atoms with Gasteiger partial charge in [-0.3, -0.25) is 20.4 Å². The minimum Gasteiger partial charge on any atom is -0.484 e. The Kier molecular flexibility index (Phi) is 7.10. The zero-order chi connectivity index (χ0) is 17.9. The Bertz CT molecular complexity index is 783. The monoisotopic (exact) mass is 353 g/mol. The van der Waals surface area contributed by atoms with Gasteiger partial charge < -0.3 is 4.74 Å². The molecular formula is C18H15N3O3S. The van der Waals surface area contributed by atoms with E-state index in [0.717, 1.165) is 4.90 Å². The van der Waals surface area contributed by atoms with Crippen LogP contribution in [0, 0.1) is 11.3 Å². The van der Waals surface area contributed by atoms with Crippen LogP contribution in [-0.2, 0) is 9.59 Å². The molecule has 0 aliphatic heterocycles. The number of carbonyl (C=O) groups excluding carboxylic acids is 2. The van der Waals surface area contributed by atoms with E-state index in [9.17, 15) is 9.59 Å². The minimum atomic E-state index is -0.498. The van der Waals surface area contributed by atoms with Gasteiger partial charge in [-0.05, 0) is 41.8 Å². The highest BCUT2D eigenvalue weighted by Crippen LogP contribution is 2.17. The molecular weight excluding hydrogens is 338 g/mol. The van der Waals surface area contributed by atoms with Crippen LogP contribution in [0.3, 0.4) is 0 Å². The van der Waals surface area contributed by atoms with E-state index < -0.39 is 11.8 Å². The summed E-state index contributed by atoms with van der Waals surface area (Å²) in [5.74, 6) is -0.489. The average molecular weight is 353 g/mol. The Hall–Kier alpha value is -3.24. The smallest absolute Gasteiger partial charge is 0.276 e. The van der Waals surface area contributed by atoms with Crippen molar-refractivity contribution in [3.63, 3.8) is 0 Å². The molecule has 0 heterocycles. The number of hydrogen-bond acceptors (Lipinski definition) is 5. The van der Waals surface area contributed by atoms with E-state index in [4.69, 9.17) is 10.00 Å². The maximum Gasteiger partial charge on any atom is 0.276 e. The number of thioether (sulfide) groups is 1. The van der Waals surface area contributed by atoms with Crippen molar-refractivity contribution in [3.05, 3.63) is 71.6 Å². The normalized spacial score (nSPS) is 10.0. The van der Waals surface area contributed by atoms with Crippen molar-refractivity contribution in [2.75, 3.05) is 6.61 Å². The molecule has 2 aromatic carbocycles. The lowest BCUT2D eigenvalue weighted by atomic mass is 10.2. The number of carbonyl (C=O) groups is 2. The van der Waals surface area contributed by atoms with Gasteiger partial charge in [0.15, 0.2) is 6.61 Å². The Labute approximate surface area is 149 Å². The summed E-state index contributed by atoms with van der Waals surface area (Å²) >= 11 is 1.39. The SMILES string of the molecule is N#Cc1ccc(OCC(=O)NNC(=O)/C=C/Sc2ccccc2)cc1. The van der Waals surface area contributed by atoms with Gasteiger partial charge in [-0.15, -0.1) is 0 Å². The fourth-order valence-electron chi connectivity index (χ4n) is 1.66. The lowest BCUT2D eigenvalue weighted by Gasteiger charge is -2.07. The van der Waals surface area contributed by atoms with E-state index in [1.165, 1.54) is 17.8 Å². The number of amides is 2. The number of hydrazine groups is 1. The Morgan fingerprint density at radius 1 is 1.08 bits per heavy atom. The summed E-state index contributed by atoms with van der Waals surface area (Å²) in [4.78, 5) is 24.2. The molecule has 2 rings (SSSR count). The fraction of sp³-hybridized carbons (Fsp3) is 0.0556. The Morgan fingerprint density at radius 3 is 2.48 bits per heavy atom. The number of hydrogen-bond donors (Lipinski definition) is 2. The van der Waals surface area contributed by atoms with Crippen molar-refractivity contribution >= 4 is 23.6 Å². The van der Waals surface area contributed by atoms with E-state index in [2.05, 4.69) is 10.9 Å². The summed E-state index contributed by atoms with van der Waals surface area (Å²) in [5, 5.41) is 10.3. The molecule has 25 heavy (non-hydrogen) atoms. The molecule has 0 saturated carbocycles. The molecule has 2 amide bonds. The molecule has 0 aromatic heterocycles. The lowest BCUT2D eigenvalue weighted by molar-refractivity contribution is -0.128. The van der Waals surface area contributed by atoms with Crippen LogP contribution in [0.4, 0.5) is 0 Å². The van der Waals surface area contributed by atoms with Gasteiger partial charge in [0, 0.05) is 11.0 Å². The van der Waals surface area contributed by atoms with Crippen molar-refractivity contribution in [3.8, 4) is 11.8 Å². The number of nitrogens with one attached hydrogen (secondary N) is 2. The molecule has 126 valence electrons. The molecule has 0 radical (unpaired) electrons. The van der Waals surface area contributed by atoms with Crippen LogP contribution in [0.25, 0.3) is 0 Å². The fourth-order valence-corrected chi connectivity index (χ4v) is 2.32. The summed E-state index contributed by atoms with van der Waals surface area (Å²) in [5.41, 5.74) is 5.01. The van der Waals surface area contributed by atoms with E-state index in [0.29, 0.717) is 11.3 Å². The van der Waals surface area contributed by atoms with Crippen molar-refractivity contribution in [2.24, 2.45) is 0 Å². The third-order valence-electron chi connectivity index (χ3n) is 2.85. The third kappa shape index (κ3) is 6.81. The first kappa shape index (κ1) is 18.1. The maximum atomic E-state index is 11.6. The second-order valence-electron chi connectivity index (χ2n) is 4.70. The van der Waals surface area contributed by atoms with Gasteiger partial charge in [-0.1, -0.05) is 30.0 Å². The molecule has 0 saturated heterocycles. The van der Waals surface area contributed by atoms with Gasteiger partial charge in [-0.25, -0.2) is 0 Å². The first-order valence-electron chi connectivity index (χ1n) is 7.27. The first-order valence-corrected chi connectivity index (χ1v) is 8.15. The van der Waals surface area contributed by atoms with Crippen LogP contribution in [0.1, 0.15) is 5.56 Å². The number of benzene rings is 2. The van der Waals surface area contributed by atoms with Crippen molar-refractivity contribution in [2.45, 2.75) is 4.90 Å². The minimum absolute atomic E-state index is 0.255. The van der Waals surface area contributed by atoms with Gasteiger partial charge >= 0.3 is 0 Å². The molecule has 0 atom stereocenters. The second-order valence-corrected chi connectivity index (χ2v) is 5.68. The first-order chi connectivity index (χ1) is 12.2. The number of ether oxygens (including phenoxy) is 1. The Morgan fingerprint density at radius 2 is 1.80 bits per heavy atom. The zero-order valence-electron chi connectivity index (χ0n) is 13.1. The number of nitrogens with zero attached hydrogens (tertiary/aromatic N) is 1. The lowest BCUT2D eigenvalue weighted by Crippen LogP contribution is -2.43. The predicted octanol–water partition coefficient (Wildman–Crippen LogP) is 2.39. The highest BCUT2D eigenvalue weighted by Gasteiger charge is 2.04. The van der Waals surface area contributed by atoms with Crippen LogP contribution in [-0.4, -0.2) is 18.4 Å². The molecule has 0 unspecified atom stereocenters. The number of rotatable bonds is 6. The summed E-state index contributed by atoms with van der Waals surface area (Å²) < 4.78 is 5.24. The van der Waals surface area contributed by atoms with Gasteiger partial charge in [0.1, 0.15) is 5.75 Å². The van der Waals surface area contributed by atoms with Gasteiger partial charge in [-0.2, -0.15) is 5.26 Å². The van der Waals surface area contributed by atoms with Crippen LogP contribution >= 0.6 is 11.8 Å². The molecule has 0 aliphatic carbocycles. The van der Waals surface area contributed by atoms with Gasteiger partial charge in [0.25, 0.3) is 11.8 Å². The van der Waals surface area contributed by atoms with Crippen molar-refractivity contribution in [1.82, 2.24) is 10.9 Å². The van der Waals surface area contributed by atoms with Crippen LogP contribution < -0.4 is 15.6 Å². The summed E-state index contributed by atoms with van der Waals surface area (Å²) in [6.07, 6.45) is 1.32. The molecule has 7 heteroatoms. The summed E-state index contributed by atoms with van der Waals surface area (Å²) in [7, 11) is 0. The molecule has 2 N–H and O–H groups in total. The molecule has 0 aliphatic rings. The highest BCUT2D eigenvalue weighted by atomic mass is 32.2. The van der Waals surface area contributed by atoms with Gasteiger partial charge in [0.05, 0.1) is 11.6 Å². The highest BCUT2D eigenvalue weighted by molar-refractivity contribution is 8.02. The van der Waals surface area contributed by atoms with E-state index in [1.54, 1.807) is 29.7 Å². The maximum absolute atomic E-state index is 11.6. The van der Waals surface area contributed by atoms with E-state index in [-0.39, 0.29) is 6.61 Å². The molecule has 0 fully saturated rings. The van der Waals surface area contributed by atoms with Crippen molar-refractivity contribution in [1.29, 1.82) is 5.26 Å². The van der Waals surface area contributed by atoms with Crippen LogP contribution in [0.5, 0.6) is 5.75 Å². The quantitative estimate of drug-likeness (QED) is 0.473. The molecule has 0 spiro atoms. The van der Waals surface area contributed by atoms with Crippen LogP contribution in [0.2, 0.25) is 0 Å².